The van der Waals surface area contributed by atoms with Crippen LogP contribution in [0.25, 0.3) is 0 Å². The van der Waals surface area contributed by atoms with Crippen LogP contribution < -0.4 is 5.19 Å². The molecule has 0 aliphatic carbocycles. The molecule has 80 valence electrons. The first kappa shape index (κ1) is 11.9. The zero-order chi connectivity index (χ0) is 11.3. The molecule has 0 spiro atoms. The number of carbonyl (C=O) groups excluding carboxylic acids is 1. The SMILES string of the molecule is C/C=C\C[Si](C)(C)c1ccccc1C=O. The van der Waals surface area contributed by atoms with Crippen LogP contribution in [-0.4, -0.2) is 14.4 Å². The molecule has 0 amide bonds. The topological polar surface area (TPSA) is 17.1 Å². The molecule has 0 aromatic heterocycles. The van der Waals surface area contributed by atoms with E-state index < -0.39 is 8.07 Å². The molecule has 0 fully saturated rings. The van der Waals surface area contributed by atoms with E-state index in [0.29, 0.717) is 0 Å². The average molecular weight is 218 g/mol. The Morgan fingerprint density at radius 2 is 1.93 bits per heavy atom. The molecular formula is C13H18OSi. The Labute approximate surface area is 92.8 Å². The van der Waals surface area contributed by atoms with Crippen LogP contribution in [0.5, 0.6) is 0 Å². The van der Waals surface area contributed by atoms with Gasteiger partial charge in [0.05, 0.1) is 8.07 Å². The van der Waals surface area contributed by atoms with Gasteiger partial charge in [-0.05, 0) is 18.2 Å². The summed E-state index contributed by atoms with van der Waals surface area (Å²) in [4.78, 5) is 11.0. The molecule has 0 saturated carbocycles. The van der Waals surface area contributed by atoms with Crippen LogP contribution in [0.15, 0.2) is 36.4 Å². The predicted octanol–water partition coefficient (Wildman–Crippen LogP) is 2.99. The van der Waals surface area contributed by atoms with Crippen LogP contribution in [0, 0.1) is 0 Å². The van der Waals surface area contributed by atoms with Crippen molar-refractivity contribution in [2.75, 3.05) is 0 Å². The van der Waals surface area contributed by atoms with Crippen molar-refractivity contribution >= 4 is 19.5 Å². The third-order valence-corrected chi connectivity index (χ3v) is 5.85. The van der Waals surface area contributed by atoms with E-state index in [1.807, 2.05) is 25.1 Å². The summed E-state index contributed by atoms with van der Waals surface area (Å²) < 4.78 is 0. The Morgan fingerprint density at radius 1 is 1.27 bits per heavy atom. The standard InChI is InChI=1S/C13H18OSi/c1-4-5-10-15(2,3)13-9-7-6-8-12(13)11-14/h4-9,11H,10H2,1-3H3/b5-4-. The lowest BCUT2D eigenvalue weighted by molar-refractivity contribution is 0.112. The minimum atomic E-state index is -1.48. The van der Waals surface area contributed by atoms with Crippen LogP contribution in [0.1, 0.15) is 17.3 Å². The van der Waals surface area contributed by atoms with E-state index >= 15 is 0 Å². The van der Waals surface area contributed by atoms with Gasteiger partial charge in [-0.2, -0.15) is 0 Å². The van der Waals surface area contributed by atoms with Gasteiger partial charge in [-0.15, -0.1) is 0 Å². The van der Waals surface area contributed by atoms with Crippen molar-refractivity contribution in [2.45, 2.75) is 26.1 Å². The summed E-state index contributed by atoms with van der Waals surface area (Å²) >= 11 is 0. The number of aldehydes is 1. The van der Waals surface area contributed by atoms with E-state index in [-0.39, 0.29) is 0 Å². The molecule has 0 atom stereocenters. The molecule has 1 nitrogen and oxygen atoms in total. The summed E-state index contributed by atoms with van der Waals surface area (Å²) in [7, 11) is -1.48. The van der Waals surface area contributed by atoms with Crippen molar-refractivity contribution in [2.24, 2.45) is 0 Å². The number of hydrogen-bond donors (Lipinski definition) is 0. The van der Waals surface area contributed by atoms with Crippen molar-refractivity contribution in [3.8, 4) is 0 Å². The van der Waals surface area contributed by atoms with Crippen molar-refractivity contribution in [1.82, 2.24) is 0 Å². The Kier molecular flexibility index (Phi) is 4.03. The second-order valence-corrected chi connectivity index (χ2v) is 9.08. The second kappa shape index (κ2) is 5.08. The lowest BCUT2D eigenvalue weighted by atomic mass is 10.2. The Morgan fingerprint density at radius 3 is 2.53 bits per heavy atom. The fraction of sp³-hybridized carbons (Fsp3) is 0.308. The van der Waals surface area contributed by atoms with E-state index in [1.54, 1.807) is 0 Å². The van der Waals surface area contributed by atoms with Gasteiger partial charge in [0.15, 0.2) is 0 Å². The number of benzene rings is 1. The van der Waals surface area contributed by atoms with Crippen LogP contribution in [0.4, 0.5) is 0 Å². The van der Waals surface area contributed by atoms with Crippen molar-refractivity contribution in [3.63, 3.8) is 0 Å². The Hall–Kier alpha value is -1.15. The van der Waals surface area contributed by atoms with E-state index in [2.05, 4.69) is 31.3 Å². The lowest BCUT2D eigenvalue weighted by Crippen LogP contribution is -2.42. The summed E-state index contributed by atoms with van der Waals surface area (Å²) in [6, 6.07) is 9.04. The molecule has 0 N–H and O–H groups in total. The lowest BCUT2D eigenvalue weighted by Gasteiger charge is -2.22. The molecule has 0 unspecified atom stereocenters. The van der Waals surface area contributed by atoms with E-state index in [4.69, 9.17) is 0 Å². The maximum Gasteiger partial charge on any atom is 0.149 e. The highest BCUT2D eigenvalue weighted by molar-refractivity contribution is 6.90. The predicted molar refractivity (Wildman–Crippen MR) is 68.6 cm³/mol. The van der Waals surface area contributed by atoms with E-state index in [0.717, 1.165) is 17.9 Å². The van der Waals surface area contributed by atoms with Gasteiger partial charge < -0.3 is 0 Å². The Balaban J connectivity index is 3.07. The smallest absolute Gasteiger partial charge is 0.149 e. The summed E-state index contributed by atoms with van der Waals surface area (Å²) in [5, 5.41) is 1.26. The normalized spacial score (nSPS) is 11.9. The maximum atomic E-state index is 11.0. The summed E-state index contributed by atoms with van der Waals surface area (Å²) in [6.45, 7) is 6.64. The van der Waals surface area contributed by atoms with Crippen LogP contribution in [0.3, 0.4) is 0 Å². The molecule has 1 rings (SSSR count). The number of hydrogen-bond acceptors (Lipinski definition) is 1. The quantitative estimate of drug-likeness (QED) is 0.431. The minimum absolute atomic E-state index is 0.860. The monoisotopic (exact) mass is 218 g/mol. The molecule has 0 aliphatic heterocycles. The fourth-order valence-electron chi connectivity index (χ4n) is 1.74. The number of rotatable bonds is 4. The van der Waals surface area contributed by atoms with Gasteiger partial charge in [0.2, 0.25) is 0 Å². The van der Waals surface area contributed by atoms with Crippen LogP contribution >= 0.6 is 0 Å². The molecule has 2 heteroatoms. The third-order valence-electron chi connectivity index (χ3n) is 2.68. The zero-order valence-corrected chi connectivity index (χ0v) is 10.7. The molecule has 15 heavy (non-hydrogen) atoms. The summed E-state index contributed by atoms with van der Waals surface area (Å²) in [5.74, 6) is 0. The van der Waals surface area contributed by atoms with Crippen LogP contribution in [0.2, 0.25) is 19.1 Å². The van der Waals surface area contributed by atoms with E-state index in [1.165, 1.54) is 5.19 Å². The van der Waals surface area contributed by atoms with Crippen molar-refractivity contribution < 1.29 is 4.79 Å². The van der Waals surface area contributed by atoms with Gasteiger partial charge in [0, 0.05) is 5.56 Å². The number of carbonyl (C=O) groups is 1. The highest BCUT2D eigenvalue weighted by atomic mass is 28.3. The average Bonchev–Trinajstić information content (AvgIpc) is 2.26. The van der Waals surface area contributed by atoms with Crippen molar-refractivity contribution in [3.05, 3.63) is 42.0 Å². The molecule has 0 bridgehead atoms. The molecule has 0 radical (unpaired) electrons. The molecular weight excluding hydrogens is 200 g/mol. The molecule has 0 aliphatic rings. The van der Waals surface area contributed by atoms with Crippen LogP contribution in [-0.2, 0) is 0 Å². The van der Waals surface area contributed by atoms with Gasteiger partial charge in [-0.1, -0.05) is 49.5 Å². The molecule has 1 aromatic carbocycles. The van der Waals surface area contributed by atoms with Gasteiger partial charge >= 0.3 is 0 Å². The fourth-order valence-corrected chi connectivity index (χ4v) is 4.25. The first-order chi connectivity index (χ1) is 7.11. The van der Waals surface area contributed by atoms with Gasteiger partial charge in [0.25, 0.3) is 0 Å². The number of allylic oxidation sites excluding steroid dienone is 2. The first-order valence-electron chi connectivity index (χ1n) is 5.27. The first-order valence-corrected chi connectivity index (χ1v) is 8.48. The van der Waals surface area contributed by atoms with Gasteiger partial charge in [-0.3, -0.25) is 4.79 Å². The second-order valence-electron chi connectivity index (χ2n) is 4.36. The largest absolute Gasteiger partial charge is 0.298 e. The van der Waals surface area contributed by atoms with Crippen molar-refractivity contribution in [1.29, 1.82) is 0 Å². The maximum absolute atomic E-state index is 11.0. The van der Waals surface area contributed by atoms with Gasteiger partial charge in [0.1, 0.15) is 6.29 Å². The summed E-state index contributed by atoms with van der Waals surface area (Å²) in [5.41, 5.74) is 0.860. The zero-order valence-electron chi connectivity index (χ0n) is 9.66. The highest BCUT2D eigenvalue weighted by Crippen LogP contribution is 2.12. The minimum Gasteiger partial charge on any atom is -0.298 e. The Bertz CT molecular complexity index is 367. The highest BCUT2D eigenvalue weighted by Gasteiger charge is 2.23. The van der Waals surface area contributed by atoms with E-state index in [9.17, 15) is 4.79 Å². The molecule has 1 aromatic rings. The molecule has 0 saturated heterocycles. The van der Waals surface area contributed by atoms with Gasteiger partial charge in [-0.25, -0.2) is 0 Å². The summed E-state index contributed by atoms with van der Waals surface area (Å²) in [6.07, 6.45) is 5.26. The third kappa shape index (κ3) is 2.90. The molecule has 0 heterocycles.